The molecule has 0 amide bonds. The first kappa shape index (κ1) is 12.3. The van der Waals surface area contributed by atoms with Crippen LogP contribution in [-0.2, 0) is 0 Å². The molecule has 2 aromatic carbocycles. The van der Waals surface area contributed by atoms with E-state index in [1.54, 1.807) is 6.07 Å². The highest BCUT2D eigenvalue weighted by atomic mass is 16.6. The second kappa shape index (κ2) is 4.45. The van der Waals surface area contributed by atoms with Crippen LogP contribution < -0.4 is 0 Å². The second-order valence-electron chi connectivity index (χ2n) is 4.68. The van der Waals surface area contributed by atoms with Crippen LogP contribution in [0.15, 0.2) is 40.8 Å². The molecule has 0 saturated heterocycles. The number of nitrogens with zero attached hydrogens (tertiary/aromatic N) is 2. The minimum absolute atomic E-state index is 0.00108. The molecule has 0 aliphatic heterocycles. The largest absolute Gasteiger partial charge is 0.436 e. The number of hydrogen-bond acceptors (Lipinski definition) is 4. The van der Waals surface area contributed by atoms with Crippen LogP contribution in [0.25, 0.3) is 22.6 Å². The van der Waals surface area contributed by atoms with Gasteiger partial charge in [0.1, 0.15) is 5.52 Å². The third kappa shape index (κ3) is 1.93. The average Bonchev–Trinajstić information content (AvgIpc) is 2.84. The Morgan fingerprint density at radius 1 is 1.20 bits per heavy atom. The summed E-state index contributed by atoms with van der Waals surface area (Å²) >= 11 is 0. The lowest BCUT2D eigenvalue weighted by atomic mass is 10.0. The van der Waals surface area contributed by atoms with Crippen LogP contribution in [0.1, 0.15) is 11.1 Å². The van der Waals surface area contributed by atoms with Gasteiger partial charge in [-0.05, 0) is 37.1 Å². The monoisotopic (exact) mass is 268 g/mol. The van der Waals surface area contributed by atoms with Gasteiger partial charge in [-0.15, -0.1) is 0 Å². The van der Waals surface area contributed by atoms with E-state index in [0.717, 1.165) is 16.7 Å². The van der Waals surface area contributed by atoms with Crippen molar-refractivity contribution in [2.45, 2.75) is 13.8 Å². The number of nitro benzene ring substituents is 1. The van der Waals surface area contributed by atoms with Crippen molar-refractivity contribution in [3.05, 3.63) is 57.6 Å². The maximum atomic E-state index is 10.8. The normalized spacial score (nSPS) is 10.9. The van der Waals surface area contributed by atoms with Crippen molar-refractivity contribution in [3.8, 4) is 11.5 Å². The van der Waals surface area contributed by atoms with Gasteiger partial charge in [-0.2, -0.15) is 0 Å². The standard InChI is InChI=1S/C15H12N2O3/c1-9-4-3-5-12(10(9)2)15-16-13-7-6-11(17(18)19)8-14(13)20-15/h3-8H,1-2H3. The van der Waals surface area contributed by atoms with E-state index in [1.165, 1.54) is 12.1 Å². The predicted octanol–water partition coefficient (Wildman–Crippen LogP) is 4.02. The Labute approximate surface area is 115 Å². The number of rotatable bonds is 2. The minimum Gasteiger partial charge on any atom is -0.436 e. The van der Waals surface area contributed by atoms with Crippen LogP contribution in [-0.4, -0.2) is 9.91 Å². The van der Waals surface area contributed by atoms with Crippen LogP contribution in [0.5, 0.6) is 0 Å². The van der Waals surface area contributed by atoms with E-state index in [4.69, 9.17) is 4.42 Å². The lowest BCUT2D eigenvalue weighted by Gasteiger charge is -2.03. The lowest BCUT2D eigenvalue weighted by molar-refractivity contribution is -0.384. The summed E-state index contributed by atoms with van der Waals surface area (Å²) in [4.78, 5) is 14.7. The molecule has 0 bridgehead atoms. The summed E-state index contributed by atoms with van der Waals surface area (Å²) in [5.74, 6) is 0.488. The van der Waals surface area contributed by atoms with Gasteiger partial charge < -0.3 is 4.42 Å². The van der Waals surface area contributed by atoms with Gasteiger partial charge >= 0.3 is 0 Å². The first-order valence-corrected chi connectivity index (χ1v) is 6.18. The fourth-order valence-electron chi connectivity index (χ4n) is 2.12. The van der Waals surface area contributed by atoms with Crippen molar-refractivity contribution in [2.75, 3.05) is 0 Å². The molecule has 0 radical (unpaired) electrons. The highest BCUT2D eigenvalue weighted by molar-refractivity contribution is 5.79. The van der Waals surface area contributed by atoms with Gasteiger partial charge in [0.15, 0.2) is 5.58 Å². The molecule has 100 valence electrons. The van der Waals surface area contributed by atoms with Crippen molar-refractivity contribution < 1.29 is 9.34 Å². The molecule has 0 aliphatic rings. The molecule has 0 aliphatic carbocycles. The molecule has 1 aromatic heterocycles. The summed E-state index contributed by atoms with van der Waals surface area (Å²) in [5, 5.41) is 10.8. The number of aromatic nitrogens is 1. The van der Waals surface area contributed by atoms with E-state index in [2.05, 4.69) is 4.98 Å². The highest BCUT2D eigenvalue weighted by Gasteiger charge is 2.14. The number of non-ortho nitro benzene ring substituents is 1. The van der Waals surface area contributed by atoms with Crippen LogP contribution in [0.2, 0.25) is 0 Å². The van der Waals surface area contributed by atoms with Gasteiger partial charge in [-0.1, -0.05) is 12.1 Å². The fraction of sp³-hybridized carbons (Fsp3) is 0.133. The molecule has 0 unspecified atom stereocenters. The Hall–Kier alpha value is -2.69. The van der Waals surface area contributed by atoms with Crippen LogP contribution >= 0.6 is 0 Å². The summed E-state index contributed by atoms with van der Waals surface area (Å²) in [5.41, 5.74) is 4.19. The van der Waals surface area contributed by atoms with Gasteiger partial charge in [-0.25, -0.2) is 4.98 Å². The summed E-state index contributed by atoms with van der Waals surface area (Å²) in [6, 6.07) is 10.3. The number of benzene rings is 2. The third-order valence-corrected chi connectivity index (χ3v) is 3.42. The molecule has 0 saturated carbocycles. The zero-order valence-corrected chi connectivity index (χ0v) is 11.1. The van der Waals surface area contributed by atoms with Gasteiger partial charge in [-0.3, -0.25) is 10.1 Å². The number of fused-ring (bicyclic) bond motifs is 1. The maximum Gasteiger partial charge on any atom is 0.273 e. The van der Waals surface area contributed by atoms with Gasteiger partial charge in [0.2, 0.25) is 5.89 Å². The Morgan fingerprint density at radius 2 is 2.00 bits per heavy atom. The Bertz CT molecular complexity index is 821. The quantitative estimate of drug-likeness (QED) is 0.520. The highest BCUT2D eigenvalue weighted by Crippen LogP contribution is 2.29. The molecular formula is C15H12N2O3. The molecule has 5 nitrogen and oxygen atoms in total. The maximum absolute atomic E-state index is 10.8. The summed E-state index contributed by atoms with van der Waals surface area (Å²) in [7, 11) is 0. The van der Waals surface area contributed by atoms with E-state index in [0.29, 0.717) is 17.0 Å². The molecule has 5 heteroatoms. The Kier molecular flexibility index (Phi) is 2.75. The molecule has 20 heavy (non-hydrogen) atoms. The van der Waals surface area contributed by atoms with Crippen molar-refractivity contribution in [1.82, 2.24) is 4.98 Å². The number of nitro groups is 1. The molecule has 0 atom stereocenters. The zero-order chi connectivity index (χ0) is 14.3. The second-order valence-corrected chi connectivity index (χ2v) is 4.68. The zero-order valence-electron chi connectivity index (χ0n) is 11.1. The van der Waals surface area contributed by atoms with Crippen LogP contribution in [0.4, 0.5) is 5.69 Å². The molecule has 3 rings (SSSR count). The van der Waals surface area contributed by atoms with Gasteiger partial charge in [0.25, 0.3) is 5.69 Å². The summed E-state index contributed by atoms with van der Waals surface area (Å²) in [6.07, 6.45) is 0. The number of hydrogen-bond donors (Lipinski definition) is 0. The number of oxazole rings is 1. The van der Waals surface area contributed by atoms with Crippen molar-refractivity contribution in [3.63, 3.8) is 0 Å². The summed E-state index contributed by atoms with van der Waals surface area (Å²) < 4.78 is 5.67. The van der Waals surface area contributed by atoms with E-state index in [-0.39, 0.29) is 5.69 Å². The van der Waals surface area contributed by atoms with E-state index in [9.17, 15) is 10.1 Å². The van der Waals surface area contributed by atoms with Gasteiger partial charge in [0.05, 0.1) is 11.0 Å². The van der Waals surface area contributed by atoms with Crippen molar-refractivity contribution in [1.29, 1.82) is 0 Å². The van der Waals surface area contributed by atoms with Crippen LogP contribution in [0, 0.1) is 24.0 Å². The SMILES string of the molecule is Cc1cccc(-c2nc3ccc([N+](=O)[O-])cc3o2)c1C. The van der Waals surface area contributed by atoms with Crippen molar-refractivity contribution >= 4 is 16.8 Å². The molecule has 0 N–H and O–H groups in total. The average molecular weight is 268 g/mol. The smallest absolute Gasteiger partial charge is 0.273 e. The van der Waals surface area contributed by atoms with E-state index < -0.39 is 4.92 Å². The first-order chi connectivity index (χ1) is 9.56. The van der Waals surface area contributed by atoms with E-state index >= 15 is 0 Å². The Balaban J connectivity index is 2.18. The predicted molar refractivity (Wildman–Crippen MR) is 75.6 cm³/mol. The Morgan fingerprint density at radius 3 is 2.75 bits per heavy atom. The van der Waals surface area contributed by atoms with Crippen LogP contribution in [0.3, 0.4) is 0 Å². The molecule has 3 aromatic rings. The molecular weight excluding hydrogens is 256 g/mol. The van der Waals surface area contributed by atoms with E-state index in [1.807, 2.05) is 32.0 Å². The summed E-state index contributed by atoms with van der Waals surface area (Å²) in [6.45, 7) is 4.02. The molecule has 1 heterocycles. The van der Waals surface area contributed by atoms with Crippen molar-refractivity contribution in [2.24, 2.45) is 0 Å². The lowest BCUT2D eigenvalue weighted by Crippen LogP contribution is -1.86. The molecule has 0 spiro atoms. The first-order valence-electron chi connectivity index (χ1n) is 6.18. The fourth-order valence-corrected chi connectivity index (χ4v) is 2.12. The molecule has 0 fully saturated rings. The number of aryl methyl sites for hydroxylation is 1. The minimum atomic E-state index is -0.445. The van der Waals surface area contributed by atoms with Gasteiger partial charge in [0, 0.05) is 11.6 Å². The topological polar surface area (TPSA) is 69.2 Å². The third-order valence-electron chi connectivity index (χ3n) is 3.42.